The van der Waals surface area contributed by atoms with E-state index in [4.69, 9.17) is 5.84 Å². The molecular formula is C19H15BrFN7OS. The Labute approximate surface area is 183 Å². The predicted molar refractivity (Wildman–Crippen MR) is 117 cm³/mol. The molecule has 4 aromatic rings. The van der Waals surface area contributed by atoms with Crippen LogP contribution in [0.1, 0.15) is 0 Å². The number of amides is 1. The molecule has 11 heteroatoms. The lowest BCUT2D eigenvalue weighted by atomic mass is 10.1. The summed E-state index contributed by atoms with van der Waals surface area (Å²) >= 11 is 4.26. The number of anilines is 1. The van der Waals surface area contributed by atoms with Crippen LogP contribution in [-0.2, 0) is 4.79 Å². The van der Waals surface area contributed by atoms with Crippen molar-refractivity contribution in [1.29, 1.82) is 0 Å². The van der Waals surface area contributed by atoms with Crippen LogP contribution < -0.4 is 11.2 Å². The number of carbonyl (C=O) groups excluding carboxylic acids is 1. The van der Waals surface area contributed by atoms with Gasteiger partial charge in [-0.1, -0.05) is 58.0 Å². The number of benzene rings is 2. The molecule has 1 amide bonds. The molecule has 0 fully saturated rings. The van der Waals surface area contributed by atoms with E-state index in [2.05, 4.69) is 41.6 Å². The Morgan fingerprint density at radius 1 is 1.20 bits per heavy atom. The number of nitrogens with one attached hydrogen (secondary N) is 2. The Hall–Kier alpha value is -3.18. The fourth-order valence-corrected chi connectivity index (χ4v) is 3.65. The molecule has 4 rings (SSSR count). The van der Waals surface area contributed by atoms with Crippen molar-refractivity contribution in [2.75, 3.05) is 16.9 Å². The summed E-state index contributed by atoms with van der Waals surface area (Å²) in [6, 6.07) is 15.9. The second-order valence-corrected chi connectivity index (χ2v) is 8.03. The zero-order valence-electron chi connectivity index (χ0n) is 15.3. The van der Waals surface area contributed by atoms with Gasteiger partial charge in [0.15, 0.2) is 0 Å². The molecule has 0 bridgehead atoms. The van der Waals surface area contributed by atoms with E-state index in [1.165, 1.54) is 16.8 Å². The standard InChI is InChI=1S/C19H15BrFN7OS/c20-12-6-7-14(13(21)8-12)23-17(29)10-30-19-27-26-18(28(19)22)16-9-15(24-25-16)11-4-2-1-3-5-11/h1-9H,10,22H2,(H,23,29)(H,24,25). The number of hydrogen-bond acceptors (Lipinski definition) is 6. The van der Waals surface area contributed by atoms with E-state index in [-0.39, 0.29) is 11.4 Å². The minimum absolute atomic E-state index is 0.0108. The van der Waals surface area contributed by atoms with Crippen molar-refractivity contribution in [3.8, 4) is 22.8 Å². The first-order valence-corrected chi connectivity index (χ1v) is 10.5. The molecule has 2 aromatic heterocycles. The molecule has 30 heavy (non-hydrogen) atoms. The van der Waals surface area contributed by atoms with Gasteiger partial charge in [0.25, 0.3) is 0 Å². The van der Waals surface area contributed by atoms with Crippen molar-refractivity contribution < 1.29 is 9.18 Å². The second kappa shape index (κ2) is 8.67. The van der Waals surface area contributed by atoms with E-state index in [1.54, 1.807) is 6.07 Å². The van der Waals surface area contributed by atoms with Crippen LogP contribution in [0.4, 0.5) is 10.1 Å². The van der Waals surface area contributed by atoms with Gasteiger partial charge in [-0.25, -0.2) is 9.07 Å². The Bertz CT molecular complexity index is 1190. The molecule has 0 aliphatic carbocycles. The number of hydrogen-bond donors (Lipinski definition) is 3. The molecule has 4 N–H and O–H groups in total. The Morgan fingerprint density at radius 3 is 2.77 bits per heavy atom. The number of aromatic nitrogens is 5. The van der Waals surface area contributed by atoms with E-state index in [0.29, 0.717) is 21.1 Å². The van der Waals surface area contributed by atoms with Crippen LogP contribution in [0.2, 0.25) is 0 Å². The summed E-state index contributed by atoms with van der Waals surface area (Å²) in [4.78, 5) is 12.1. The lowest BCUT2D eigenvalue weighted by Gasteiger charge is -2.06. The number of carbonyl (C=O) groups is 1. The molecule has 0 saturated carbocycles. The monoisotopic (exact) mass is 487 g/mol. The van der Waals surface area contributed by atoms with Crippen LogP contribution >= 0.6 is 27.7 Å². The lowest BCUT2D eigenvalue weighted by Crippen LogP contribution is -2.17. The summed E-state index contributed by atoms with van der Waals surface area (Å²) in [5.74, 6) is 5.54. The largest absolute Gasteiger partial charge is 0.335 e. The first kappa shape index (κ1) is 20.1. The molecular weight excluding hydrogens is 473 g/mol. The van der Waals surface area contributed by atoms with Crippen molar-refractivity contribution in [1.82, 2.24) is 25.1 Å². The molecule has 2 heterocycles. The summed E-state index contributed by atoms with van der Waals surface area (Å²) in [6.45, 7) is 0. The van der Waals surface area contributed by atoms with Gasteiger partial charge in [-0.2, -0.15) is 5.10 Å². The highest BCUT2D eigenvalue weighted by Crippen LogP contribution is 2.25. The second-order valence-electron chi connectivity index (χ2n) is 6.17. The summed E-state index contributed by atoms with van der Waals surface area (Å²) < 4.78 is 15.7. The van der Waals surface area contributed by atoms with E-state index >= 15 is 0 Å². The number of rotatable bonds is 6. The molecule has 0 aliphatic rings. The SMILES string of the molecule is Nn1c(SCC(=O)Nc2ccc(Br)cc2F)nnc1-c1cc(-c2ccccc2)n[nH]1. The van der Waals surface area contributed by atoms with Crippen molar-refractivity contribution in [2.45, 2.75) is 5.16 Å². The van der Waals surface area contributed by atoms with Gasteiger partial charge in [0.2, 0.25) is 16.9 Å². The molecule has 152 valence electrons. The summed E-state index contributed by atoms with van der Waals surface area (Å²) in [6.07, 6.45) is 0. The smallest absolute Gasteiger partial charge is 0.234 e. The number of thioether (sulfide) groups is 1. The summed E-state index contributed by atoms with van der Waals surface area (Å²) in [5.41, 5.74) is 2.40. The Morgan fingerprint density at radius 2 is 2.00 bits per heavy atom. The van der Waals surface area contributed by atoms with Crippen molar-refractivity contribution in [3.05, 3.63) is 64.9 Å². The molecule has 0 saturated heterocycles. The number of nitrogen functional groups attached to an aromatic ring is 1. The average molecular weight is 488 g/mol. The number of aromatic amines is 1. The molecule has 0 aliphatic heterocycles. The quantitative estimate of drug-likeness (QED) is 0.282. The predicted octanol–water partition coefficient (Wildman–Crippen LogP) is 3.68. The highest BCUT2D eigenvalue weighted by atomic mass is 79.9. The van der Waals surface area contributed by atoms with Gasteiger partial charge in [-0.3, -0.25) is 9.89 Å². The normalized spacial score (nSPS) is 10.9. The maximum atomic E-state index is 13.8. The first-order chi connectivity index (χ1) is 14.5. The molecule has 0 atom stereocenters. The van der Waals surface area contributed by atoms with Crippen LogP contribution in [-0.4, -0.2) is 36.7 Å². The molecule has 0 unspecified atom stereocenters. The topological polar surface area (TPSA) is 115 Å². The van der Waals surface area contributed by atoms with Gasteiger partial charge in [0.05, 0.1) is 17.1 Å². The number of H-pyrrole nitrogens is 1. The summed E-state index contributed by atoms with van der Waals surface area (Å²) in [5, 5.41) is 18.1. The molecule has 0 radical (unpaired) electrons. The van der Waals surface area contributed by atoms with Crippen LogP contribution in [0.15, 0.2) is 64.2 Å². The van der Waals surface area contributed by atoms with Crippen molar-refractivity contribution in [2.24, 2.45) is 0 Å². The molecule has 2 aromatic carbocycles. The maximum absolute atomic E-state index is 13.8. The number of nitrogens with zero attached hydrogens (tertiary/aromatic N) is 4. The molecule has 0 spiro atoms. The lowest BCUT2D eigenvalue weighted by molar-refractivity contribution is -0.113. The highest BCUT2D eigenvalue weighted by Gasteiger charge is 2.17. The fraction of sp³-hybridized carbons (Fsp3) is 0.0526. The van der Waals surface area contributed by atoms with Crippen LogP contribution in [0.25, 0.3) is 22.8 Å². The Kier molecular flexibility index (Phi) is 5.81. The summed E-state index contributed by atoms with van der Waals surface area (Å²) in [7, 11) is 0. The number of halogens is 2. The van der Waals surface area contributed by atoms with Crippen LogP contribution in [0, 0.1) is 5.82 Å². The third kappa shape index (κ3) is 4.36. The van der Waals surface area contributed by atoms with Gasteiger partial charge >= 0.3 is 0 Å². The van der Waals surface area contributed by atoms with E-state index < -0.39 is 11.7 Å². The van der Waals surface area contributed by atoms with Crippen LogP contribution in [0.3, 0.4) is 0 Å². The average Bonchev–Trinajstić information content (AvgIpc) is 3.36. The molecule has 8 nitrogen and oxygen atoms in total. The van der Waals surface area contributed by atoms with Gasteiger partial charge in [0.1, 0.15) is 11.5 Å². The third-order valence-electron chi connectivity index (χ3n) is 4.09. The fourth-order valence-electron chi connectivity index (χ4n) is 2.66. The third-order valence-corrected chi connectivity index (χ3v) is 5.53. The zero-order valence-corrected chi connectivity index (χ0v) is 17.7. The van der Waals surface area contributed by atoms with Crippen molar-refractivity contribution in [3.63, 3.8) is 0 Å². The van der Waals surface area contributed by atoms with Gasteiger partial charge in [0, 0.05) is 10.0 Å². The van der Waals surface area contributed by atoms with Gasteiger partial charge < -0.3 is 11.2 Å². The van der Waals surface area contributed by atoms with Crippen molar-refractivity contribution >= 4 is 39.3 Å². The van der Waals surface area contributed by atoms with Crippen LogP contribution in [0.5, 0.6) is 0 Å². The zero-order chi connectivity index (χ0) is 21.1. The van der Waals surface area contributed by atoms with Gasteiger partial charge in [-0.05, 0) is 24.3 Å². The minimum atomic E-state index is -0.527. The van der Waals surface area contributed by atoms with E-state index in [1.807, 2.05) is 36.4 Å². The highest BCUT2D eigenvalue weighted by molar-refractivity contribution is 9.10. The first-order valence-electron chi connectivity index (χ1n) is 8.70. The van der Waals surface area contributed by atoms with E-state index in [9.17, 15) is 9.18 Å². The minimum Gasteiger partial charge on any atom is -0.335 e. The maximum Gasteiger partial charge on any atom is 0.234 e. The Balaban J connectivity index is 1.42. The van der Waals surface area contributed by atoms with Gasteiger partial charge in [-0.15, -0.1) is 10.2 Å². The van der Waals surface area contributed by atoms with E-state index in [0.717, 1.165) is 23.0 Å². The number of nitrogens with two attached hydrogens (primary N) is 1.